The Hall–Kier alpha value is -4.71. The molecule has 2 aliphatic carbocycles. The fraction of sp³-hybridized carbons (Fsp3) is 0.424. The Morgan fingerprint density at radius 1 is 1.16 bits per heavy atom. The summed E-state index contributed by atoms with van der Waals surface area (Å²) in [6.45, 7) is 5.07. The molecule has 2 aromatic carbocycles. The maximum atomic E-state index is 13.9. The van der Waals surface area contributed by atoms with E-state index in [1.807, 2.05) is 0 Å². The van der Waals surface area contributed by atoms with Gasteiger partial charge in [0.15, 0.2) is 12.1 Å². The number of aliphatic hydroxyl groups is 3. The van der Waals surface area contributed by atoms with Crippen LogP contribution in [0.3, 0.4) is 0 Å². The van der Waals surface area contributed by atoms with Crippen molar-refractivity contribution in [3.8, 4) is 17.2 Å². The number of aromatic hydroxyl groups is 2. The molecule has 2 amide bonds. The number of carbonyl (C=O) groups is 4. The van der Waals surface area contributed by atoms with E-state index in [0.29, 0.717) is 0 Å². The second-order valence-corrected chi connectivity index (χ2v) is 12.3. The van der Waals surface area contributed by atoms with E-state index in [9.17, 15) is 44.7 Å². The smallest absolute Gasteiger partial charge is 0.259 e. The third-order valence-electron chi connectivity index (χ3n) is 8.94. The van der Waals surface area contributed by atoms with E-state index in [1.165, 1.54) is 32.2 Å². The topological polar surface area (TPSA) is 260 Å². The number of ketones is 2. The maximum absolute atomic E-state index is 13.9. The third-order valence-corrected chi connectivity index (χ3v) is 8.94. The minimum absolute atomic E-state index is 0.0254. The monoisotopic (exact) mass is 682 g/mol. The molecule has 4 unspecified atom stereocenters. The number of fused-ring (bicyclic) bond motifs is 3. The Morgan fingerprint density at radius 2 is 1.86 bits per heavy atom. The molecule has 9 N–H and O–H groups in total. The van der Waals surface area contributed by atoms with Crippen molar-refractivity contribution in [2.75, 3.05) is 20.3 Å². The lowest BCUT2D eigenvalue weighted by molar-refractivity contribution is -0.245. The molecule has 3 aliphatic rings. The predicted molar refractivity (Wildman–Crippen MR) is 170 cm³/mol. The lowest BCUT2D eigenvalue weighted by atomic mass is 9.71. The van der Waals surface area contributed by atoms with Crippen LogP contribution in [-0.4, -0.2) is 105 Å². The van der Waals surface area contributed by atoms with Crippen LogP contribution in [-0.2, 0) is 25.5 Å². The van der Waals surface area contributed by atoms with Crippen LogP contribution in [0.2, 0.25) is 0 Å². The Labute approximate surface area is 280 Å². The average molecular weight is 683 g/mol. The highest BCUT2D eigenvalue weighted by atomic mass is 16.7. The fourth-order valence-electron chi connectivity index (χ4n) is 6.38. The summed E-state index contributed by atoms with van der Waals surface area (Å²) >= 11 is 0. The summed E-state index contributed by atoms with van der Waals surface area (Å²) in [5.74, 6) is -4.33. The number of methoxy groups -OCH3 is 1. The summed E-state index contributed by atoms with van der Waals surface area (Å²) in [5, 5.41) is 62.2. The molecule has 16 heteroatoms. The number of nitrogens with zero attached hydrogens (tertiary/aromatic N) is 1. The molecule has 1 fully saturated rings. The minimum Gasteiger partial charge on any atom is -0.507 e. The van der Waals surface area contributed by atoms with Crippen LogP contribution in [0.5, 0.6) is 17.2 Å². The zero-order valence-electron chi connectivity index (χ0n) is 27.0. The number of carbonyl (C=O) groups excluding carboxylic acids is 4. The number of hydrazone groups is 1. The number of ether oxygens (including phenoxy) is 3. The Balaban J connectivity index is 1.60. The molecular weight excluding hydrogens is 644 g/mol. The highest BCUT2D eigenvalue weighted by Gasteiger charge is 2.49. The standard InChI is InChI=1S/C33H38N4O12/c1-13(2)32(45)35-11-21(39)37-36-20(12-38)33(46)9-16-24(19(10-33)49-22-8-17(34)27(40)14(3)48-22)31(44)26-25(29(16)42)28(41)15-6-5-7-18(47-4)23(15)30(26)43/h5-7,14,17,19,22,27,38,40,42,44,46H,1,8-12,34H2,2-4H3,(H,35,45)(H,37,39)/b36-20+/t14?,17?,19-,22?,27?,33-/m0/s1. The van der Waals surface area contributed by atoms with Crippen molar-refractivity contribution in [2.45, 2.75) is 69.4 Å². The van der Waals surface area contributed by atoms with Crippen LogP contribution in [0.25, 0.3) is 0 Å². The molecular formula is C33H38N4O12. The Bertz CT molecular complexity index is 1760. The number of hydrogen-bond acceptors (Lipinski definition) is 14. The molecule has 0 spiro atoms. The molecule has 6 atom stereocenters. The van der Waals surface area contributed by atoms with Gasteiger partial charge in [0.2, 0.25) is 11.7 Å². The number of nitrogens with two attached hydrogens (primary N) is 1. The molecule has 262 valence electrons. The zero-order valence-corrected chi connectivity index (χ0v) is 27.0. The first-order valence-electron chi connectivity index (χ1n) is 15.4. The van der Waals surface area contributed by atoms with Crippen LogP contribution in [0.15, 0.2) is 35.5 Å². The van der Waals surface area contributed by atoms with Gasteiger partial charge in [-0.2, -0.15) is 5.10 Å². The van der Waals surface area contributed by atoms with E-state index < -0.39 is 114 Å². The van der Waals surface area contributed by atoms with E-state index >= 15 is 0 Å². The number of aliphatic hydroxyl groups excluding tert-OH is 2. The molecule has 0 saturated carbocycles. The number of rotatable bonds is 9. The number of hydrogen-bond donors (Lipinski definition) is 8. The SMILES string of the molecule is C=C(C)C(=O)NCC(=O)N/N=C(\CO)[C@]1(O)Cc2c(O)c3c(c(O)c2[C@@H](OC2CC(N)C(O)C(C)O2)C1)C(=O)c1c(OC)cccc1C3=O. The highest BCUT2D eigenvalue weighted by molar-refractivity contribution is 6.31. The summed E-state index contributed by atoms with van der Waals surface area (Å²) in [7, 11) is 1.31. The molecule has 0 bridgehead atoms. The van der Waals surface area contributed by atoms with Crippen molar-refractivity contribution in [3.05, 3.63) is 63.7 Å². The van der Waals surface area contributed by atoms with Gasteiger partial charge in [-0.25, -0.2) is 5.43 Å². The van der Waals surface area contributed by atoms with Gasteiger partial charge in [0.25, 0.3) is 5.91 Å². The van der Waals surface area contributed by atoms with Gasteiger partial charge >= 0.3 is 0 Å². The van der Waals surface area contributed by atoms with Crippen molar-refractivity contribution in [2.24, 2.45) is 10.8 Å². The van der Waals surface area contributed by atoms with E-state index in [2.05, 4.69) is 22.4 Å². The third kappa shape index (κ3) is 6.41. The first-order chi connectivity index (χ1) is 23.1. The second-order valence-electron chi connectivity index (χ2n) is 12.3. The van der Waals surface area contributed by atoms with Crippen LogP contribution in [0, 0.1) is 0 Å². The highest BCUT2D eigenvalue weighted by Crippen LogP contribution is 2.52. The van der Waals surface area contributed by atoms with Gasteiger partial charge in [0.05, 0.1) is 61.0 Å². The maximum Gasteiger partial charge on any atom is 0.259 e. The first-order valence-corrected chi connectivity index (χ1v) is 15.4. The van der Waals surface area contributed by atoms with Crippen LogP contribution < -0.4 is 21.2 Å². The second kappa shape index (κ2) is 13.7. The minimum atomic E-state index is -2.19. The number of amides is 2. The lowest BCUT2D eigenvalue weighted by Gasteiger charge is -2.43. The van der Waals surface area contributed by atoms with Crippen molar-refractivity contribution >= 4 is 29.1 Å². The summed E-state index contributed by atoms with van der Waals surface area (Å²) in [4.78, 5) is 51.9. The largest absolute Gasteiger partial charge is 0.507 e. The van der Waals surface area contributed by atoms with Crippen molar-refractivity contribution in [3.63, 3.8) is 0 Å². The van der Waals surface area contributed by atoms with Gasteiger partial charge < -0.3 is 50.8 Å². The van der Waals surface area contributed by atoms with Crippen LogP contribution >= 0.6 is 0 Å². The predicted octanol–water partition coefficient (Wildman–Crippen LogP) is -0.403. The normalized spacial score (nSPS) is 26.3. The molecule has 49 heavy (non-hydrogen) atoms. The Kier molecular flexibility index (Phi) is 9.92. The van der Waals surface area contributed by atoms with E-state index in [1.54, 1.807) is 6.92 Å². The molecule has 1 heterocycles. The molecule has 0 radical (unpaired) electrons. The molecule has 0 aromatic heterocycles. The van der Waals surface area contributed by atoms with E-state index in [4.69, 9.17) is 19.9 Å². The van der Waals surface area contributed by atoms with Gasteiger partial charge in [0, 0.05) is 47.6 Å². The van der Waals surface area contributed by atoms with Gasteiger partial charge in [-0.05, 0) is 19.9 Å². The number of phenolic OH excluding ortho intramolecular Hbond substituents is 2. The fourth-order valence-corrected chi connectivity index (χ4v) is 6.38. The van der Waals surface area contributed by atoms with Gasteiger partial charge in [-0.1, -0.05) is 18.7 Å². The quantitative estimate of drug-likeness (QED) is 0.0619. The Morgan fingerprint density at radius 3 is 2.49 bits per heavy atom. The molecule has 5 rings (SSSR count). The summed E-state index contributed by atoms with van der Waals surface area (Å²) in [6.07, 6.45) is -5.37. The van der Waals surface area contributed by atoms with Crippen molar-refractivity contribution in [1.29, 1.82) is 0 Å². The molecule has 1 aliphatic heterocycles. The number of benzene rings is 2. The molecule has 2 aromatic rings. The number of phenols is 2. The van der Waals surface area contributed by atoms with Gasteiger partial charge in [-0.3, -0.25) is 19.2 Å². The van der Waals surface area contributed by atoms with Gasteiger partial charge in [-0.15, -0.1) is 0 Å². The number of nitrogens with one attached hydrogen (secondary N) is 2. The van der Waals surface area contributed by atoms with Gasteiger partial charge in [0.1, 0.15) is 22.8 Å². The van der Waals surface area contributed by atoms with E-state index in [0.717, 1.165) is 0 Å². The average Bonchev–Trinajstić information content (AvgIpc) is 3.05. The van der Waals surface area contributed by atoms with Crippen molar-refractivity contribution < 1.29 is 58.9 Å². The molecule has 1 saturated heterocycles. The summed E-state index contributed by atoms with van der Waals surface area (Å²) < 4.78 is 17.3. The first kappa shape index (κ1) is 35.6. The lowest BCUT2D eigenvalue weighted by Crippen LogP contribution is -2.53. The summed E-state index contributed by atoms with van der Waals surface area (Å²) in [5.41, 5.74) is 4.27. The van der Waals surface area contributed by atoms with Crippen LogP contribution in [0.1, 0.15) is 75.8 Å². The van der Waals surface area contributed by atoms with Crippen molar-refractivity contribution in [1.82, 2.24) is 10.7 Å². The van der Waals surface area contributed by atoms with E-state index in [-0.39, 0.29) is 40.0 Å². The summed E-state index contributed by atoms with van der Waals surface area (Å²) in [6, 6.07) is 3.55. The van der Waals surface area contributed by atoms with Crippen LogP contribution in [0.4, 0.5) is 0 Å². The zero-order chi connectivity index (χ0) is 35.9. The molecule has 16 nitrogen and oxygen atoms in total.